The highest BCUT2D eigenvalue weighted by Crippen LogP contribution is 1.98. The van der Waals surface area contributed by atoms with Gasteiger partial charge in [0.15, 0.2) is 5.12 Å². The number of carbonyl (C=O) groups is 4. The number of primary amides is 1. The van der Waals surface area contributed by atoms with Gasteiger partial charge < -0.3 is 10.8 Å². The Morgan fingerprint density at radius 2 is 1.76 bits per heavy atom. The van der Waals surface area contributed by atoms with Gasteiger partial charge in [0.05, 0.1) is 5.75 Å². The van der Waals surface area contributed by atoms with Crippen LogP contribution in [0.15, 0.2) is 0 Å². The third-order valence-electron chi connectivity index (χ3n) is 1.12. The monoisotopic (exact) mass is 266 g/mol. The van der Waals surface area contributed by atoms with Gasteiger partial charge in [0, 0.05) is 19.8 Å². The predicted molar refractivity (Wildman–Crippen MR) is 59.1 cm³/mol. The van der Waals surface area contributed by atoms with Gasteiger partial charge in [0.25, 0.3) is 0 Å². The summed E-state index contributed by atoms with van der Waals surface area (Å²) < 4.78 is 0. The molecule has 0 aliphatic rings. The molecule has 0 aromatic rings. The Morgan fingerprint density at radius 3 is 2.00 bits per heavy atom. The molecule has 0 spiro atoms. The van der Waals surface area contributed by atoms with E-state index >= 15 is 0 Å². The van der Waals surface area contributed by atoms with Crippen molar-refractivity contribution in [3.8, 4) is 0 Å². The molecule has 0 radical (unpaired) electrons. The number of nitrogens with two attached hydrogens (primary N) is 1. The van der Waals surface area contributed by atoms with Crippen molar-refractivity contribution in [1.29, 1.82) is 0 Å². The van der Waals surface area contributed by atoms with E-state index in [9.17, 15) is 19.2 Å². The molecule has 0 rings (SSSR count). The lowest BCUT2D eigenvalue weighted by molar-refractivity contribution is -0.134. The Labute approximate surface area is 102 Å². The highest BCUT2D eigenvalue weighted by Gasteiger charge is 2.00. The summed E-state index contributed by atoms with van der Waals surface area (Å²) in [5.74, 6) is -2.24. The van der Waals surface area contributed by atoms with Crippen LogP contribution in [0.25, 0.3) is 0 Å². The molecule has 2 amide bonds. The number of hydrogen-bond donors (Lipinski definition) is 4. The molecule has 0 saturated heterocycles. The Balaban J connectivity index is 0. The molecular weight excluding hydrogens is 252 g/mol. The first-order valence-corrected chi connectivity index (χ1v) is 5.34. The molecule has 0 bridgehead atoms. The molecule has 0 aliphatic carbocycles. The lowest BCUT2D eigenvalue weighted by Gasteiger charge is -1.92. The number of amides is 2. The van der Waals surface area contributed by atoms with Crippen molar-refractivity contribution in [3.05, 3.63) is 0 Å². The van der Waals surface area contributed by atoms with Crippen LogP contribution < -0.4 is 11.2 Å². The van der Waals surface area contributed by atoms with E-state index in [0.717, 1.165) is 11.8 Å². The van der Waals surface area contributed by atoms with Gasteiger partial charge in [-0.2, -0.15) is 0 Å². The average molecular weight is 266 g/mol. The predicted octanol–water partition coefficient (Wildman–Crippen LogP) is -0.892. The van der Waals surface area contributed by atoms with Gasteiger partial charge in [-0.3, -0.25) is 24.4 Å². The highest BCUT2D eigenvalue weighted by atomic mass is 32.2. The van der Waals surface area contributed by atoms with Crippen LogP contribution in [-0.4, -0.2) is 39.0 Å². The van der Waals surface area contributed by atoms with Crippen LogP contribution in [0, 0.1) is 0 Å². The Hall–Kier alpha value is -1.61. The Morgan fingerprint density at radius 1 is 1.24 bits per heavy atom. The van der Waals surface area contributed by atoms with Crippen molar-refractivity contribution >= 4 is 34.7 Å². The van der Waals surface area contributed by atoms with E-state index in [4.69, 9.17) is 16.0 Å². The average Bonchev–Trinajstić information content (AvgIpc) is 2.23. The summed E-state index contributed by atoms with van der Waals surface area (Å²) in [6.45, 7) is 1.34. The maximum absolute atomic E-state index is 10.1. The van der Waals surface area contributed by atoms with Crippen molar-refractivity contribution in [2.75, 3.05) is 5.75 Å². The van der Waals surface area contributed by atoms with Crippen LogP contribution >= 0.6 is 11.8 Å². The third-order valence-corrected chi connectivity index (χ3v) is 1.92. The number of carbonyl (C=O) groups excluding carboxylic acids is 3. The van der Waals surface area contributed by atoms with Gasteiger partial charge >= 0.3 is 5.97 Å². The molecule has 0 aromatic heterocycles. The first-order chi connectivity index (χ1) is 7.79. The number of nitrogens with one attached hydrogen (secondary N) is 1. The molecule has 0 aliphatic heterocycles. The van der Waals surface area contributed by atoms with Crippen LogP contribution in [0.3, 0.4) is 0 Å². The molecule has 9 heteroatoms. The van der Waals surface area contributed by atoms with Gasteiger partial charge in [-0.05, 0) is 0 Å². The van der Waals surface area contributed by atoms with Crippen LogP contribution in [-0.2, 0) is 19.2 Å². The molecule has 0 fully saturated rings. The van der Waals surface area contributed by atoms with E-state index in [1.807, 2.05) is 0 Å². The minimum absolute atomic E-state index is 0.0353. The van der Waals surface area contributed by atoms with Crippen LogP contribution in [0.2, 0.25) is 0 Å². The van der Waals surface area contributed by atoms with Gasteiger partial charge in [0.2, 0.25) is 11.8 Å². The quantitative estimate of drug-likeness (QED) is 0.372. The summed E-state index contributed by atoms with van der Waals surface area (Å²) in [5, 5.41) is 15.7. The SMILES string of the molecule is CC(=O)SCC(=O)O.NC(=O)CCC(=O)NO. The topological polar surface area (TPSA) is 147 Å². The number of hydroxylamine groups is 1. The largest absolute Gasteiger partial charge is 0.481 e. The van der Waals surface area contributed by atoms with E-state index in [1.54, 1.807) is 0 Å². The van der Waals surface area contributed by atoms with Crippen LogP contribution in [0.4, 0.5) is 0 Å². The maximum atomic E-state index is 10.1. The fourth-order valence-corrected chi connectivity index (χ4v) is 0.783. The normalized spacial score (nSPS) is 8.59. The number of thioether (sulfide) groups is 1. The van der Waals surface area contributed by atoms with Gasteiger partial charge in [-0.25, -0.2) is 5.48 Å². The van der Waals surface area contributed by atoms with E-state index in [-0.39, 0.29) is 23.7 Å². The minimum Gasteiger partial charge on any atom is -0.481 e. The van der Waals surface area contributed by atoms with Crippen molar-refractivity contribution in [2.24, 2.45) is 5.73 Å². The van der Waals surface area contributed by atoms with Gasteiger partial charge in [-0.15, -0.1) is 0 Å². The Kier molecular flexibility index (Phi) is 11.4. The Bertz CT molecular complexity index is 280. The van der Waals surface area contributed by atoms with Gasteiger partial charge in [-0.1, -0.05) is 11.8 Å². The second-order valence-electron chi connectivity index (χ2n) is 2.68. The number of carboxylic acids is 1. The number of rotatable bonds is 5. The molecule has 98 valence electrons. The zero-order chi connectivity index (χ0) is 13.8. The third kappa shape index (κ3) is 20.5. The van der Waals surface area contributed by atoms with E-state index in [2.05, 4.69) is 0 Å². The van der Waals surface area contributed by atoms with E-state index < -0.39 is 17.8 Å². The van der Waals surface area contributed by atoms with Crippen LogP contribution in [0.1, 0.15) is 19.8 Å². The summed E-state index contributed by atoms with van der Waals surface area (Å²) in [6, 6.07) is 0. The molecule has 0 saturated carbocycles. The molecule has 8 nitrogen and oxygen atoms in total. The van der Waals surface area contributed by atoms with Gasteiger partial charge in [0.1, 0.15) is 0 Å². The first kappa shape index (κ1) is 17.8. The van der Waals surface area contributed by atoms with Crippen molar-refractivity contribution < 1.29 is 29.5 Å². The van der Waals surface area contributed by atoms with Crippen molar-refractivity contribution in [1.82, 2.24) is 5.48 Å². The second-order valence-corrected chi connectivity index (χ2v) is 3.83. The fraction of sp³-hybridized carbons (Fsp3) is 0.500. The lowest BCUT2D eigenvalue weighted by atomic mass is 10.3. The summed E-state index contributed by atoms with van der Waals surface area (Å²) in [6.07, 6.45) is -0.0990. The van der Waals surface area contributed by atoms with E-state index in [1.165, 1.54) is 12.4 Å². The zero-order valence-corrected chi connectivity index (χ0v) is 9.95. The number of aliphatic carboxylic acids is 1. The minimum atomic E-state index is -0.954. The summed E-state index contributed by atoms with van der Waals surface area (Å²) >= 11 is 0.801. The number of hydrogen-bond acceptors (Lipinski definition) is 6. The standard InChI is InChI=1S/C4H8N2O3.C4H6O3S/c5-3(7)1-2-4(8)6-9;1-3(5)8-2-4(6)7/h9H,1-2H2,(H2,5,7)(H,6,8);2H2,1H3,(H,6,7). The summed E-state index contributed by atoms with van der Waals surface area (Å²) in [5.41, 5.74) is 6.07. The second kappa shape index (κ2) is 10.9. The fourth-order valence-electron chi connectivity index (χ4n) is 0.456. The molecule has 0 atom stereocenters. The van der Waals surface area contributed by atoms with E-state index in [0.29, 0.717) is 0 Å². The molecule has 0 aromatic carbocycles. The highest BCUT2D eigenvalue weighted by molar-refractivity contribution is 8.14. The van der Waals surface area contributed by atoms with Crippen molar-refractivity contribution in [2.45, 2.75) is 19.8 Å². The molecule has 0 unspecified atom stereocenters. The summed E-state index contributed by atoms with van der Waals surface area (Å²) in [4.78, 5) is 39.9. The molecular formula is C8H14N2O6S. The summed E-state index contributed by atoms with van der Waals surface area (Å²) in [7, 11) is 0. The lowest BCUT2D eigenvalue weighted by Crippen LogP contribution is -2.21. The first-order valence-electron chi connectivity index (χ1n) is 4.36. The van der Waals surface area contributed by atoms with Crippen molar-refractivity contribution in [3.63, 3.8) is 0 Å². The molecule has 17 heavy (non-hydrogen) atoms. The zero-order valence-electron chi connectivity index (χ0n) is 9.13. The molecule has 0 heterocycles. The van der Waals surface area contributed by atoms with Crippen LogP contribution in [0.5, 0.6) is 0 Å². The molecule has 5 N–H and O–H groups in total. The maximum Gasteiger partial charge on any atom is 0.313 e. The smallest absolute Gasteiger partial charge is 0.313 e. The number of carboxylic acid groups (broad SMARTS) is 1.